The van der Waals surface area contributed by atoms with E-state index in [0.717, 1.165) is 44.0 Å². The van der Waals surface area contributed by atoms with Crippen molar-refractivity contribution < 1.29 is 4.42 Å². The Morgan fingerprint density at radius 2 is 1.89 bits per heavy atom. The molecule has 1 aliphatic heterocycles. The van der Waals surface area contributed by atoms with Crippen molar-refractivity contribution in [3.05, 3.63) is 63.4 Å². The van der Waals surface area contributed by atoms with Crippen LogP contribution in [0.25, 0.3) is 11.1 Å². The summed E-state index contributed by atoms with van der Waals surface area (Å²) < 4.78 is 7.30. The summed E-state index contributed by atoms with van der Waals surface area (Å²) in [5, 5.41) is 0.619. The normalized spacial score (nSPS) is 17.2. The first kappa shape index (κ1) is 19.2. The summed E-state index contributed by atoms with van der Waals surface area (Å²) in [5.41, 5.74) is 1.28. The number of fused-ring (bicyclic) bond motifs is 1. The number of hydrogen-bond acceptors (Lipinski definition) is 5. The lowest BCUT2D eigenvalue weighted by Gasteiger charge is -2.37. The van der Waals surface area contributed by atoms with E-state index in [4.69, 9.17) is 21.0 Å². The van der Waals surface area contributed by atoms with Crippen LogP contribution in [0.3, 0.4) is 0 Å². The maximum absolute atomic E-state index is 13.3. The molecule has 1 atom stereocenters. The number of rotatable bonds is 5. The Hall–Kier alpha value is -2.15. The predicted molar refractivity (Wildman–Crippen MR) is 111 cm³/mol. The highest BCUT2D eigenvalue weighted by Gasteiger charge is 2.28. The zero-order chi connectivity index (χ0) is 19.7. The van der Waals surface area contributed by atoms with Crippen LogP contribution in [0.1, 0.15) is 30.8 Å². The molecule has 2 aromatic heterocycles. The fourth-order valence-corrected chi connectivity index (χ4v) is 4.10. The van der Waals surface area contributed by atoms with E-state index in [2.05, 4.69) is 23.8 Å². The van der Waals surface area contributed by atoms with Crippen molar-refractivity contribution >= 4 is 22.7 Å². The molecule has 0 amide bonds. The molecule has 0 spiro atoms. The van der Waals surface area contributed by atoms with Gasteiger partial charge in [0.15, 0.2) is 5.22 Å². The number of aromatic nitrogens is 2. The van der Waals surface area contributed by atoms with Crippen LogP contribution < -0.4 is 5.56 Å². The highest BCUT2D eigenvalue weighted by molar-refractivity contribution is 6.29. The van der Waals surface area contributed by atoms with Gasteiger partial charge in [0.25, 0.3) is 5.56 Å². The van der Waals surface area contributed by atoms with Gasteiger partial charge in [-0.05, 0) is 30.6 Å². The van der Waals surface area contributed by atoms with Gasteiger partial charge in [0.1, 0.15) is 11.2 Å². The number of furan rings is 1. The van der Waals surface area contributed by atoms with Crippen molar-refractivity contribution in [3.8, 4) is 0 Å². The largest absolute Gasteiger partial charge is 0.426 e. The molecule has 148 valence electrons. The third-order valence-corrected chi connectivity index (χ3v) is 5.68. The molecule has 3 heterocycles. The first-order valence-corrected chi connectivity index (χ1v) is 10.1. The Bertz CT molecular complexity index is 1010. The van der Waals surface area contributed by atoms with Gasteiger partial charge in [0, 0.05) is 32.2 Å². The lowest BCUT2D eigenvalue weighted by atomic mass is 10.1. The number of nitrogens with zero attached hydrogens (tertiary/aromatic N) is 4. The van der Waals surface area contributed by atoms with Crippen LogP contribution in [0.4, 0.5) is 0 Å². The molecule has 1 unspecified atom stereocenters. The molecular formula is C21H25ClN4O2. The van der Waals surface area contributed by atoms with Gasteiger partial charge in [-0.3, -0.25) is 14.3 Å². The Labute approximate surface area is 169 Å². The fraction of sp³-hybridized carbons (Fsp3) is 0.429. The lowest BCUT2D eigenvalue weighted by Crippen LogP contribution is -2.47. The van der Waals surface area contributed by atoms with Crippen LogP contribution in [0.15, 0.2) is 45.6 Å². The summed E-state index contributed by atoms with van der Waals surface area (Å²) in [6.45, 7) is 6.54. The number of likely N-dealkylation sites (N-methyl/N-ethyl adjacent to an activating group) is 1. The van der Waals surface area contributed by atoms with Crippen LogP contribution in [-0.2, 0) is 6.54 Å². The van der Waals surface area contributed by atoms with E-state index in [1.54, 1.807) is 10.6 Å². The molecular weight excluding hydrogens is 376 g/mol. The maximum Gasteiger partial charge on any atom is 0.265 e. The summed E-state index contributed by atoms with van der Waals surface area (Å²) in [5.74, 6) is 0.749. The average molecular weight is 401 g/mol. The van der Waals surface area contributed by atoms with Gasteiger partial charge in [0.2, 0.25) is 5.71 Å². The second kappa shape index (κ2) is 8.07. The van der Waals surface area contributed by atoms with Gasteiger partial charge in [-0.15, -0.1) is 0 Å². The van der Waals surface area contributed by atoms with Gasteiger partial charge in [0.05, 0.1) is 12.6 Å². The van der Waals surface area contributed by atoms with Crippen molar-refractivity contribution in [3.63, 3.8) is 0 Å². The first-order chi connectivity index (χ1) is 13.6. The minimum atomic E-state index is -0.105. The average Bonchev–Trinajstić information content (AvgIpc) is 3.08. The van der Waals surface area contributed by atoms with Gasteiger partial charge in [-0.1, -0.05) is 37.3 Å². The molecule has 7 heteroatoms. The maximum atomic E-state index is 13.3. The summed E-state index contributed by atoms with van der Waals surface area (Å²) >= 11 is 6.03. The molecule has 6 nitrogen and oxygen atoms in total. The van der Waals surface area contributed by atoms with Crippen LogP contribution in [0, 0.1) is 0 Å². The number of hydrogen-bond donors (Lipinski definition) is 0. The number of halogens is 1. The van der Waals surface area contributed by atoms with Crippen LogP contribution in [0.5, 0.6) is 0 Å². The van der Waals surface area contributed by atoms with E-state index in [9.17, 15) is 4.79 Å². The Morgan fingerprint density at radius 1 is 1.18 bits per heavy atom. The molecule has 0 N–H and O–H groups in total. The van der Waals surface area contributed by atoms with E-state index in [1.807, 2.05) is 30.3 Å². The Morgan fingerprint density at radius 3 is 2.57 bits per heavy atom. The lowest BCUT2D eigenvalue weighted by molar-refractivity contribution is 0.102. The second-order valence-electron chi connectivity index (χ2n) is 7.38. The van der Waals surface area contributed by atoms with E-state index in [0.29, 0.717) is 17.6 Å². The van der Waals surface area contributed by atoms with Crippen LogP contribution in [-0.4, -0.2) is 52.6 Å². The van der Waals surface area contributed by atoms with Crippen molar-refractivity contribution in [2.75, 3.05) is 33.2 Å². The first-order valence-electron chi connectivity index (χ1n) is 9.73. The Balaban J connectivity index is 1.82. The highest BCUT2D eigenvalue weighted by Crippen LogP contribution is 2.27. The smallest absolute Gasteiger partial charge is 0.265 e. The molecule has 1 saturated heterocycles. The van der Waals surface area contributed by atoms with Crippen molar-refractivity contribution in [2.24, 2.45) is 0 Å². The third-order valence-electron chi connectivity index (χ3n) is 5.50. The molecule has 28 heavy (non-hydrogen) atoms. The van der Waals surface area contributed by atoms with Gasteiger partial charge >= 0.3 is 0 Å². The second-order valence-corrected chi connectivity index (χ2v) is 7.75. The van der Waals surface area contributed by atoms with E-state index in [1.165, 1.54) is 0 Å². The quantitative estimate of drug-likeness (QED) is 0.657. The monoisotopic (exact) mass is 400 g/mol. The van der Waals surface area contributed by atoms with Gasteiger partial charge < -0.3 is 9.32 Å². The molecule has 0 bridgehead atoms. The van der Waals surface area contributed by atoms with Crippen molar-refractivity contribution in [2.45, 2.75) is 25.9 Å². The summed E-state index contributed by atoms with van der Waals surface area (Å²) in [6.07, 6.45) is 0.866. The molecule has 1 fully saturated rings. The highest BCUT2D eigenvalue weighted by atomic mass is 35.5. The number of benzene rings is 1. The van der Waals surface area contributed by atoms with Crippen LogP contribution >= 0.6 is 11.6 Å². The summed E-state index contributed by atoms with van der Waals surface area (Å²) in [7, 11) is 2.14. The van der Waals surface area contributed by atoms with Crippen LogP contribution in [0.2, 0.25) is 5.22 Å². The predicted octanol–water partition coefficient (Wildman–Crippen LogP) is 3.39. The molecule has 3 aromatic rings. The van der Waals surface area contributed by atoms with E-state index >= 15 is 0 Å². The molecule has 1 aliphatic rings. The molecule has 4 rings (SSSR count). The van der Waals surface area contributed by atoms with E-state index < -0.39 is 0 Å². The van der Waals surface area contributed by atoms with E-state index in [-0.39, 0.29) is 16.8 Å². The molecule has 0 saturated carbocycles. The SMILES string of the molecule is CCC(c1nc2oc(Cl)cc2c(=O)n1Cc1ccccc1)N1CCN(C)CC1. The summed E-state index contributed by atoms with van der Waals surface area (Å²) in [4.78, 5) is 22.8. The Kier molecular flexibility index (Phi) is 5.53. The zero-order valence-corrected chi connectivity index (χ0v) is 17.0. The molecule has 0 radical (unpaired) electrons. The van der Waals surface area contributed by atoms with Crippen molar-refractivity contribution in [1.29, 1.82) is 0 Å². The van der Waals surface area contributed by atoms with Gasteiger partial charge in [-0.25, -0.2) is 0 Å². The minimum absolute atomic E-state index is 0.0541. The summed E-state index contributed by atoms with van der Waals surface area (Å²) in [6, 6.07) is 11.6. The van der Waals surface area contributed by atoms with Crippen molar-refractivity contribution in [1.82, 2.24) is 19.4 Å². The standard InChI is InChI=1S/C21H25ClN4O2/c1-3-17(25-11-9-24(2)10-12-25)19-23-20-16(13-18(22)28-20)21(27)26(19)14-15-7-5-4-6-8-15/h4-8,13,17H,3,9-12,14H2,1-2H3. The minimum Gasteiger partial charge on any atom is -0.426 e. The zero-order valence-electron chi connectivity index (χ0n) is 16.3. The molecule has 1 aromatic carbocycles. The fourth-order valence-electron chi connectivity index (χ4n) is 3.91. The number of piperazine rings is 1. The topological polar surface area (TPSA) is 54.5 Å². The van der Waals surface area contributed by atoms with Gasteiger partial charge in [-0.2, -0.15) is 4.98 Å². The third kappa shape index (κ3) is 3.72. The molecule has 0 aliphatic carbocycles.